The molecular formula is C12H15ClN4. The standard InChI is InChI=1S/C12H15ClN4/c1-2-17-7-6-15-11(17)8-10(14)12-9(13)4-3-5-16-12/h3-7,10H,2,8,14H2,1H3. The highest BCUT2D eigenvalue weighted by atomic mass is 35.5. The van der Waals surface area contributed by atoms with Gasteiger partial charge in [0.25, 0.3) is 0 Å². The van der Waals surface area contributed by atoms with E-state index in [0.717, 1.165) is 18.1 Å². The van der Waals surface area contributed by atoms with Crippen LogP contribution in [0, 0.1) is 0 Å². The van der Waals surface area contributed by atoms with Gasteiger partial charge in [0.05, 0.1) is 16.8 Å². The molecule has 0 saturated heterocycles. The molecule has 4 nitrogen and oxygen atoms in total. The molecule has 0 aliphatic rings. The van der Waals surface area contributed by atoms with Crippen molar-refractivity contribution >= 4 is 11.6 Å². The highest BCUT2D eigenvalue weighted by molar-refractivity contribution is 6.31. The summed E-state index contributed by atoms with van der Waals surface area (Å²) in [7, 11) is 0. The highest BCUT2D eigenvalue weighted by Crippen LogP contribution is 2.20. The molecule has 2 rings (SSSR count). The van der Waals surface area contributed by atoms with Crippen LogP contribution in [-0.2, 0) is 13.0 Å². The van der Waals surface area contributed by atoms with Crippen LogP contribution in [0.3, 0.4) is 0 Å². The zero-order valence-corrected chi connectivity index (χ0v) is 10.4. The Labute approximate surface area is 105 Å². The van der Waals surface area contributed by atoms with E-state index in [1.807, 2.05) is 6.20 Å². The Morgan fingerprint density at radius 3 is 2.94 bits per heavy atom. The van der Waals surface area contributed by atoms with Gasteiger partial charge in [-0.05, 0) is 19.1 Å². The van der Waals surface area contributed by atoms with Crippen LogP contribution < -0.4 is 5.73 Å². The SMILES string of the molecule is CCn1ccnc1CC(N)c1ncccc1Cl. The lowest BCUT2D eigenvalue weighted by atomic mass is 10.1. The number of pyridine rings is 1. The second kappa shape index (κ2) is 5.29. The van der Waals surface area contributed by atoms with Gasteiger partial charge in [-0.25, -0.2) is 4.98 Å². The maximum absolute atomic E-state index is 6.11. The van der Waals surface area contributed by atoms with E-state index in [1.165, 1.54) is 0 Å². The minimum Gasteiger partial charge on any atom is -0.335 e. The summed E-state index contributed by atoms with van der Waals surface area (Å²) in [5.74, 6) is 0.960. The van der Waals surface area contributed by atoms with Gasteiger partial charge >= 0.3 is 0 Å². The van der Waals surface area contributed by atoms with Gasteiger partial charge in [0.2, 0.25) is 0 Å². The quantitative estimate of drug-likeness (QED) is 0.905. The lowest BCUT2D eigenvalue weighted by Gasteiger charge is -2.12. The summed E-state index contributed by atoms with van der Waals surface area (Å²) >= 11 is 6.06. The van der Waals surface area contributed by atoms with Crippen molar-refractivity contribution in [1.29, 1.82) is 0 Å². The molecule has 0 spiro atoms. The zero-order valence-electron chi connectivity index (χ0n) is 9.68. The maximum atomic E-state index is 6.11. The molecule has 2 aromatic heterocycles. The number of aromatic nitrogens is 3. The van der Waals surface area contributed by atoms with Crippen molar-refractivity contribution in [2.75, 3.05) is 0 Å². The number of nitrogens with two attached hydrogens (primary N) is 1. The third-order valence-corrected chi connectivity index (χ3v) is 3.00. The van der Waals surface area contributed by atoms with Gasteiger partial charge in [0.15, 0.2) is 0 Å². The van der Waals surface area contributed by atoms with Gasteiger partial charge in [0, 0.05) is 31.6 Å². The van der Waals surface area contributed by atoms with E-state index in [-0.39, 0.29) is 6.04 Å². The Balaban J connectivity index is 2.17. The Hall–Kier alpha value is -1.39. The van der Waals surface area contributed by atoms with Crippen LogP contribution in [0.2, 0.25) is 5.02 Å². The molecule has 0 bridgehead atoms. The molecule has 0 fully saturated rings. The summed E-state index contributed by atoms with van der Waals surface area (Å²) in [5.41, 5.74) is 6.83. The third kappa shape index (κ3) is 2.65. The Kier molecular flexibility index (Phi) is 3.76. The average molecular weight is 251 g/mol. The molecule has 2 N–H and O–H groups in total. The third-order valence-electron chi connectivity index (χ3n) is 2.68. The fourth-order valence-corrected chi connectivity index (χ4v) is 2.04. The van der Waals surface area contributed by atoms with E-state index in [9.17, 15) is 0 Å². The van der Waals surface area contributed by atoms with E-state index in [1.54, 1.807) is 24.5 Å². The van der Waals surface area contributed by atoms with E-state index in [0.29, 0.717) is 11.4 Å². The zero-order chi connectivity index (χ0) is 12.3. The molecule has 0 amide bonds. The van der Waals surface area contributed by atoms with Crippen molar-refractivity contribution in [2.24, 2.45) is 5.73 Å². The van der Waals surface area contributed by atoms with Crippen LogP contribution in [0.1, 0.15) is 24.5 Å². The first kappa shape index (κ1) is 12.1. The van der Waals surface area contributed by atoms with Crippen molar-refractivity contribution in [3.8, 4) is 0 Å². The summed E-state index contributed by atoms with van der Waals surface area (Å²) in [6.07, 6.45) is 6.07. The lowest BCUT2D eigenvalue weighted by molar-refractivity contribution is 0.617. The van der Waals surface area contributed by atoms with Crippen LogP contribution in [0.15, 0.2) is 30.7 Å². The van der Waals surface area contributed by atoms with E-state index in [2.05, 4.69) is 21.5 Å². The summed E-state index contributed by atoms with van der Waals surface area (Å²) in [6.45, 7) is 2.96. The fraction of sp³-hybridized carbons (Fsp3) is 0.333. The molecule has 5 heteroatoms. The molecule has 1 unspecified atom stereocenters. The number of hydrogen-bond acceptors (Lipinski definition) is 3. The Bertz CT molecular complexity index is 495. The van der Waals surface area contributed by atoms with Gasteiger partial charge in [-0.1, -0.05) is 11.6 Å². The van der Waals surface area contributed by atoms with E-state index < -0.39 is 0 Å². The van der Waals surface area contributed by atoms with Gasteiger partial charge in [-0.3, -0.25) is 4.98 Å². The van der Waals surface area contributed by atoms with E-state index in [4.69, 9.17) is 17.3 Å². The summed E-state index contributed by atoms with van der Waals surface area (Å²) < 4.78 is 2.07. The van der Waals surface area contributed by atoms with Crippen LogP contribution >= 0.6 is 11.6 Å². The molecule has 0 aliphatic heterocycles. The number of hydrogen-bond donors (Lipinski definition) is 1. The molecule has 2 heterocycles. The smallest absolute Gasteiger partial charge is 0.110 e. The molecule has 0 aliphatic carbocycles. The van der Waals surface area contributed by atoms with Crippen LogP contribution in [0.5, 0.6) is 0 Å². The Morgan fingerprint density at radius 2 is 2.24 bits per heavy atom. The van der Waals surface area contributed by atoms with Crippen molar-refractivity contribution in [1.82, 2.24) is 14.5 Å². The summed E-state index contributed by atoms with van der Waals surface area (Å²) in [5, 5.41) is 0.606. The summed E-state index contributed by atoms with van der Waals surface area (Å²) in [6, 6.07) is 3.37. The molecule has 90 valence electrons. The topological polar surface area (TPSA) is 56.7 Å². The van der Waals surface area contributed by atoms with Crippen LogP contribution in [0.25, 0.3) is 0 Å². The number of aryl methyl sites for hydroxylation is 1. The van der Waals surface area contributed by atoms with Crippen molar-refractivity contribution in [2.45, 2.75) is 25.9 Å². The molecule has 2 aromatic rings. The summed E-state index contributed by atoms with van der Waals surface area (Å²) in [4.78, 5) is 8.51. The fourth-order valence-electron chi connectivity index (χ4n) is 1.78. The van der Waals surface area contributed by atoms with Crippen LogP contribution in [-0.4, -0.2) is 14.5 Å². The molecule has 0 saturated carbocycles. The second-order valence-electron chi connectivity index (χ2n) is 3.81. The first-order chi connectivity index (χ1) is 8.22. The minimum atomic E-state index is -0.226. The van der Waals surface area contributed by atoms with Gasteiger partial charge < -0.3 is 10.3 Å². The molecular weight excluding hydrogens is 236 g/mol. The number of halogens is 1. The Morgan fingerprint density at radius 1 is 1.41 bits per heavy atom. The molecule has 17 heavy (non-hydrogen) atoms. The predicted molar refractivity (Wildman–Crippen MR) is 67.8 cm³/mol. The number of imidazole rings is 1. The first-order valence-electron chi connectivity index (χ1n) is 5.58. The van der Waals surface area contributed by atoms with Crippen molar-refractivity contribution in [3.05, 3.63) is 47.3 Å². The largest absolute Gasteiger partial charge is 0.335 e. The number of rotatable bonds is 4. The minimum absolute atomic E-state index is 0.226. The van der Waals surface area contributed by atoms with Crippen LogP contribution in [0.4, 0.5) is 0 Å². The van der Waals surface area contributed by atoms with Gasteiger partial charge in [-0.2, -0.15) is 0 Å². The van der Waals surface area contributed by atoms with Crippen molar-refractivity contribution < 1.29 is 0 Å². The first-order valence-corrected chi connectivity index (χ1v) is 5.96. The molecule has 1 atom stereocenters. The number of nitrogens with zero attached hydrogens (tertiary/aromatic N) is 3. The monoisotopic (exact) mass is 250 g/mol. The highest BCUT2D eigenvalue weighted by Gasteiger charge is 2.14. The van der Waals surface area contributed by atoms with Crippen molar-refractivity contribution in [3.63, 3.8) is 0 Å². The second-order valence-corrected chi connectivity index (χ2v) is 4.22. The van der Waals surface area contributed by atoms with Gasteiger partial charge in [0.1, 0.15) is 5.82 Å². The lowest BCUT2D eigenvalue weighted by Crippen LogP contribution is -2.18. The predicted octanol–water partition coefficient (Wildman–Crippen LogP) is 2.19. The van der Waals surface area contributed by atoms with E-state index >= 15 is 0 Å². The van der Waals surface area contributed by atoms with Gasteiger partial charge in [-0.15, -0.1) is 0 Å². The average Bonchev–Trinajstić information content (AvgIpc) is 2.76. The molecule has 0 aromatic carbocycles. The molecule has 0 radical (unpaired) electrons. The normalized spacial score (nSPS) is 12.6. The maximum Gasteiger partial charge on any atom is 0.110 e.